The van der Waals surface area contributed by atoms with Crippen molar-refractivity contribution in [3.05, 3.63) is 11.5 Å². The van der Waals surface area contributed by atoms with Crippen LogP contribution in [0.15, 0.2) is 6.20 Å². The van der Waals surface area contributed by atoms with Gasteiger partial charge in [-0.1, -0.05) is 6.92 Å². The number of nitrogen functional groups attached to an aromatic ring is 1. The van der Waals surface area contributed by atoms with Gasteiger partial charge in [-0.05, 0) is 37.3 Å². The topological polar surface area (TPSA) is 55.0 Å². The zero-order valence-electron chi connectivity index (χ0n) is 9.65. The lowest BCUT2D eigenvalue weighted by Gasteiger charge is -2.37. The maximum atomic E-state index is 5.89. The summed E-state index contributed by atoms with van der Waals surface area (Å²) >= 11 is 5.81. The normalized spacial score (nSPS) is 25.8. The summed E-state index contributed by atoms with van der Waals surface area (Å²) in [6, 6.07) is 0.456. The van der Waals surface area contributed by atoms with E-state index in [0.29, 0.717) is 11.7 Å². The minimum absolute atomic E-state index is 0.259. The number of halogens is 1. The van der Waals surface area contributed by atoms with Crippen molar-refractivity contribution in [1.29, 1.82) is 0 Å². The lowest BCUT2D eigenvalue weighted by molar-refractivity contribution is 0.376. The molecule has 0 aliphatic carbocycles. The number of piperidine rings is 1. The Balaban J connectivity index is 2.26. The lowest BCUT2D eigenvalue weighted by Crippen LogP contribution is -2.41. The van der Waals surface area contributed by atoms with E-state index in [1.165, 1.54) is 12.8 Å². The Bertz CT molecular complexity index is 382. The molecule has 0 bridgehead atoms. The predicted molar refractivity (Wildman–Crippen MR) is 66.7 cm³/mol. The fraction of sp³-hybridized carbons (Fsp3) is 0.636. The third-order valence-electron chi connectivity index (χ3n) is 3.18. The van der Waals surface area contributed by atoms with Gasteiger partial charge in [0, 0.05) is 12.6 Å². The van der Waals surface area contributed by atoms with Gasteiger partial charge in [0.1, 0.15) is 0 Å². The molecule has 88 valence electrons. The van der Waals surface area contributed by atoms with Crippen molar-refractivity contribution < 1.29 is 0 Å². The number of hydrogen-bond donors (Lipinski definition) is 1. The Kier molecular flexibility index (Phi) is 3.19. The fourth-order valence-electron chi connectivity index (χ4n) is 2.31. The van der Waals surface area contributed by atoms with Crippen LogP contribution in [-0.4, -0.2) is 22.6 Å². The molecule has 1 aromatic heterocycles. The van der Waals surface area contributed by atoms with Crippen LogP contribution in [0.5, 0.6) is 0 Å². The van der Waals surface area contributed by atoms with Crippen LogP contribution in [0.2, 0.25) is 5.28 Å². The van der Waals surface area contributed by atoms with Crippen LogP contribution >= 0.6 is 11.6 Å². The smallest absolute Gasteiger partial charge is 0.224 e. The summed E-state index contributed by atoms with van der Waals surface area (Å²) in [5, 5.41) is 0.259. The maximum Gasteiger partial charge on any atom is 0.224 e. The average molecular weight is 241 g/mol. The number of hydrogen-bond acceptors (Lipinski definition) is 4. The second-order valence-electron chi connectivity index (χ2n) is 4.59. The van der Waals surface area contributed by atoms with Crippen LogP contribution in [0.1, 0.15) is 26.7 Å². The van der Waals surface area contributed by atoms with Crippen LogP contribution in [-0.2, 0) is 0 Å². The summed E-state index contributed by atoms with van der Waals surface area (Å²) < 4.78 is 0. The molecule has 0 saturated carbocycles. The van der Waals surface area contributed by atoms with Gasteiger partial charge in [-0.2, -0.15) is 4.98 Å². The molecule has 1 aromatic rings. The summed E-state index contributed by atoms with van der Waals surface area (Å²) in [5.41, 5.74) is 6.49. The van der Waals surface area contributed by atoms with E-state index in [1.54, 1.807) is 6.20 Å². The highest BCUT2D eigenvalue weighted by Crippen LogP contribution is 2.30. The van der Waals surface area contributed by atoms with Crippen LogP contribution in [0, 0.1) is 5.92 Å². The van der Waals surface area contributed by atoms with Crippen LogP contribution in [0.4, 0.5) is 11.5 Å². The zero-order chi connectivity index (χ0) is 11.7. The lowest BCUT2D eigenvalue weighted by atomic mass is 9.93. The fourth-order valence-corrected chi connectivity index (χ4v) is 2.44. The minimum atomic E-state index is 0.259. The van der Waals surface area contributed by atoms with Gasteiger partial charge in [0.05, 0.1) is 11.9 Å². The van der Waals surface area contributed by atoms with Gasteiger partial charge >= 0.3 is 0 Å². The molecule has 2 rings (SSSR count). The van der Waals surface area contributed by atoms with E-state index < -0.39 is 0 Å². The highest BCUT2D eigenvalue weighted by molar-refractivity contribution is 6.28. The van der Waals surface area contributed by atoms with Crippen LogP contribution in [0.25, 0.3) is 0 Å². The van der Waals surface area contributed by atoms with Gasteiger partial charge in [0.2, 0.25) is 5.28 Å². The second kappa shape index (κ2) is 4.45. The Morgan fingerprint density at radius 1 is 1.50 bits per heavy atom. The van der Waals surface area contributed by atoms with Crippen molar-refractivity contribution in [3.8, 4) is 0 Å². The van der Waals surface area contributed by atoms with E-state index in [9.17, 15) is 0 Å². The number of rotatable bonds is 1. The average Bonchev–Trinajstić information content (AvgIpc) is 2.22. The molecule has 1 aliphatic rings. The van der Waals surface area contributed by atoms with E-state index in [2.05, 4.69) is 28.7 Å². The number of nitrogens with zero attached hydrogens (tertiary/aromatic N) is 3. The Labute approximate surface area is 101 Å². The third kappa shape index (κ3) is 2.21. The molecule has 2 unspecified atom stereocenters. The molecule has 0 radical (unpaired) electrons. The zero-order valence-corrected chi connectivity index (χ0v) is 10.4. The first kappa shape index (κ1) is 11.5. The first-order chi connectivity index (χ1) is 7.58. The first-order valence-corrected chi connectivity index (χ1v) is 6.00. The first-order valence-electron chi connectivity index (χ1n) is 5.62. The summed E-state index contributed by atoms with van der Waals surface area (Å²) in [6.45, 7) is 5.47. The van der Waals surface area contributed by atoms with Gasteiger partial charge in [0.15, 0.2) is 5.82 Å². The van der Waals surface area contributed by atoms with E-state index in [-0.39, 0.29) is 5.28 Å². The van der Waals surface area contributed by atoms with Gasteiger partial charge in [0.25, 0.3) is 0 Å². The van der Waals surface area contributed by atoms with Crippen molar-refractivity contribution in [2.75, 3.05) is 17.2 Å². The van der Waals surface area contributed by atoms with Crippen LogP contribution < -0.4 is 10.6 Å². The number of nitrogens with two attached hydrogens (primary N) is 1. The molecule has 1 saturated heterocycles. The van der Waals surface area contributed by atoms with E-state index >= 15 is 0 Å². The van der Waals surface area contributed by atoms with E-state index in [1.807, 2.05) is 0 Å². The van der Waals surface area contributed by atoms with Gasteiger partial charge in [-0.3, -0.25) is 0 Å². The summed E-state index contributed by atoms with van der Waals surface area (Å²) in [6.07, 6.45) is 3.92. The SMILES string of the molecule is CC1CCN(c2nc(Cl)ncc2N)C(C)C1. The molecule has 4 nitrogen and oxygen atoms in total. The molecule has 0 spiro atoms. The molecule has 2 N–H and O–H groups in total. The summed E-state index contributed by atoms with van der Waals surface area (Å²) in [5.74, 6) is 1.55. The molecule has 2 heterocycles. The molecule has 5 heteroatoms. The largest absolute Gasteiger partial charge is 0.394 e. The van der Waals surface area contributed by atoms with Crippen molar-refractivity contribution in [2.24, 2.45) is 5.92 Å². The quantitative estimate of drug-likeness (QED) is 0.766. The number of aromatic nitrogens is 2. The number of anilines is 2. The van der Waals surface area contributed by atoms with Crippen molar-refractivity contribution in [3.63, 3.8) is 0 Å². The Hall–Kier alpha value is -1.03. The second-order valence-corrected chi connectivity index (χ2v) is 4.93. The Morgan fingerprint density at radius 3 is 2.94 bits per heavy atom. The van der Waals surface area contributed by atoms with E-state index in [4.69, 9.17) is 17.3 Å². The van der Waals surface area contributed by atoms with Crippen LogP contribution in [0.3, 0.4) is 0 Å². The monoisotopic (exact) mass is 240 g/mol. The van der Waals surface area contributed by atoms with E-state index in [0.717, 1.165) is 18.3 Å². The molecule has 0 aromatic carbocycles. The Morgan fingerprint density at radius 2 is 2.25 bits per heavy atom. The molecular formula is C11H17ClN4. The van der Waals surface area contributed by atoms with Crippen molar-refractivity contribution >= 4 is 23.1 Å². The highest BCUT2D eigenvalue weighted by atomic mass is 35.5. The third-order valence-corrected chi connectivity index (χ3v) is 3.36. The minimum Gasteiger partial charge on any atom is -0.394 e. The van der Waals surface area contributed by atoms with Crippen molar-refractivity contribution in [1.82, 2.24) is 9.97 Å². The summed E-state index contributed by atoms with van der Waals surface area (Å²) in [4.78, 5) is 10.3. The van der Waals surface area contributed by atoms with Gasteiger partial charge in [-0.25, -0.2) is 4.98 Å². The standard InChI is InChI=1S/C11H17ClN4/c1-7-3-4-16(8(2)5-7)10-9(13)6-14-11(12)15-10/h6-8H,3-5,13H2,1-2H3. The highest BCUT2D eigenvalue weighted by Gasteiger charge is 2.25. The predicted octanol–water partition coefficient (Wildman–Crippen LogP) is 2.34. The molecule has 1 aliphatic heterocycles. The molecule has 0 amide bonds. The molecule has 1 fully saturated rings. The van der Waals surface area contributed by atoms with Gasteiger partial charge in [-0.15, -0.1) is 0 Å². The molecular weight excluding hydrogens is 224 g/mol. The summed E-state index contributed by atoms with van der Waals surface area (Å²) in [7, 11) is 0. The molecule has 16 heavy (non-hydrogen) atoms. The van der Waals surface area contributed by atoms with Gasteiger partial charge < -0.3 is 10.6 Å². The maximum absolute atomic E-state index is 5.89. The molecule has 2 atom stereocenters. The van der Waals surface area contributed by atoms with Crippen molar-refractivity contribution in [2.45, 2.75) is 32.7 Å².